The van der Waals surface area contributed by atoms with E-state index in [1.807, 2.05) is 6.20 Å². The Morgan fingerprint density at radius 3 is 2.57 bits per heavy atom. The molecule has 0 bridgehead atoms. The zero-order chi connectivity index (χ0) is 17.0. The van der Waals surface area contributed by atoms with Gasteiger partial charge in [0.05, 0.1) is 5.69 Å². The molecule has 0 saturated heterocycles. The van der Waals surface area contributed by atoms with Crippen LogP contribution in [0, 0.1) is 5.41 Å². The van der Waals surface area contributed by atoms with Gasteiger partial charge >= 0.3 is 0 Å². The number of aromatic nitrogens is 1. The summed E-state index contributed by atoms with van der Waals surface area (Å²) in [6.45, 7) is 15.2. The van der Waals surface area contributed by atoms with Crippen molar-refractivity contribution in [3.05, 3.63) is 58.9 Å². The molecule has 1 aromatic heterocycles. The molecular weight excluding hydrogens is 280 g/mol. The van der Waals surface area contributed by atoms with Gasteiger partial charge in [0.1, 0.15) is 0 Å². The maximum Gasteiger partial charge on any atom is 0.0714 e. The summed E-state index contributed by atoms with van der Waals surface area (Å²) in [6, 6.07) is 6.69. The van der Waals surface area contributed by atoms with Gasteiger partial charge in [-0.1, -0.05) is 53.3 Å². The Hall–Kier alpha value is -2.22. The summed E-state index contributed by atoms with van der Waals surface area (Å²) in [5.41, 5.74) is 5.31. The maximum absolute atomic E-state index is 7.61. The van der Waals surface area contributed by atoms with Crippen molar-refractivity contribution >= 4 is 23.1 Å². The van der Waals surface area contributed by atoms with Gasteiger partial charge in [0.15, 0.2) is 0 Å². The van der Waals surface area contributed by atoms with Crippen LogP contribution in [0.3, 0.4) is 0 Å². The van der Waals surface area contributed by atoms with Gasteiger partial charge in [-0.15, -0.1) is 0 Å². The number of allylic oxidation sites excluding steroid dienone is 2. The third-order valence-corrected chi connectivity index (χ3v) is 4.91. The van der Waals surface area contributed by atoms with E-state index in [9.17, 15) is 0 Å². The smallest absolute Gasteiger partial charge is 0.0714 e. The van der Waals surface area contributed by atoms with Gasteiger partial charge in [-0.3, -0.25) is 4.98 Å². The molecule has 0 fully saturated rings. The Bertz CT molecular complexity index is 861. The molecule has 0 atom stereocenters. The second-order valence-electron chi connectivity index (χ2n) is 7.92. The van der Waals surface area contributed by atoms with E-state index in [0.717, 1.165) is 16.8 Å². The molecule has 0 saturated carbocycles. The minimum absolute atomic E-state index is 0.0874. The summed E-state index contributed by atoms with van der Waals surface area (Å²) in [6.07, 6.45) is 5.30. The van der Waals surface area contributed by atoms with Crippen LogP contribution in [-0.2, 0) is 10.8 Å². The van der Waals surface area contributed by atoms with E-state index in [4.69, 9.17) is 5.41 Å². The van der Waals surface area contributed by atoms with Gasteiger partial charge in [0.25, 0.3) is 0 Å². The van der Waals surface area contributed by atoms with Crippen molar-refractivity contribution in [2.24, 2.45) is 0 Å². The normalized spacial score (nSPS) is 16.1. The van der Waals surface area contributed by atoms with E-state index in [0.29, 0.717) is 0 Å². The summed E-state index contributed by atoms with van der Waals surface area (Å²) in [4.78, 5) is 4.57. The predicted octanol–water partition coefficient (Wildman–Crippen LogP) is 5.41. The van der Waals surface area contributed by atoms with Crippen LogP contribution >= 0.6 is 0 Å². The number of nitrogens with zero attached hydrogens (tertiary/aromatic N) is 1. The average molecular weight is 304 g/mol. The summed E-state index contributed by atoms with van der Waals surface area (Å²) in [5, 5.41) is 10.1. The van der Waals surface area contributed by atoms with E-state index >= 15 is 0 Å². The van der Waals surface area contributed by atoms with E-state index in [1.165, 1.54) is 28.1 Å². The molecule has 1 aliphatic rings. The van der Waals surface area contributed by atoms with Crippen molar-refractivity contribution in [2.45, 2.75) is 45.4 Å². The number of benzene rings is 1. The number of hydrogen-bond donors (Lipinski definition) is 1. The SMILES string of the molecule is C=C(C=N)C1=Cc2nccc3cc(C(C)(C)C)cc(c23)C1(C)C. The van der Waals surface area contributed by atoms with Crippen LogP contribution in [0.2, 0.25) is 0 Å². The van der Waals surface area contributed by atoms with Crippen molar-refractivity contribution < 1.29 is 0 Å². The van der Waals surface area contributed by atoms with Crippen LogP contribution in [0.1, 0.15) is 51.4 Å². The maximum atomic E-state index is 7.61. The van der Waals surface area contributed by atoms with Crippen LogP contribution < -0.4 is 0 Å². The van der Waals surface area contributed by atoms with E-state index in [2.05, 4.69) is 70.5 Å². The Morgan fingerprint density at radius 2 is 1.96 bits per heavy atom. The Labute approximate surface area is 138 Å². The highest BCUT2D eigenvalue weighted by Gasteiger charge is 2.34. The first kappa shape index (κ1) is 15.7. The lowest BCUT2D eigenvalue weighted by Crippen LogP contribution is -2.26. The van der Waals surface area contributed by atoms with Crippen molar-refractivity contribution in [1.29, 1.82) is 5.41 Å². The van der Waals surface area contributed by atoms with Crippen LogP contribution in [0.5, 0.6) is 0 Å². The fourth-order valence-electron chi connectivity index (χ4n) is 3.41. The van der Waals surface area contributed by atoms with Crippen LogP contribution in [0.15, 0.2) is 42.1 Å². The first-order valence-corrected chi connectivity index (χ1v) is 8.02. The minimum atomic E-state index is -0.190. The molecule has 1 N–H and O–H groups in total. The van der Waals surface area contributed by atoms with Gasteiger partial charge in [0.2, 0.25) is 0 Å². The first-order valence-electron chi connectivity index (χ1n) is 8.02. The van der Waals surface area contributed by atoms with Crippen molar-refractivity contribution in [3.8, 4) is 0 Å². The largest absolute Gasteiger partial charge is 0.308 e. The number of hydrogen-bond acceptors (Lipinski definition) is 2. The highest BCUT2D eigenvalue weighted by atomic mass is 14.7. The standard InChI is InChI=1S/C21H24N2/c1-13(12-22)16-11-18-19-14(7-8-23-18)9-15(20(2,3)4)10-17(19)21(16,5)6/h7-12,22H,1H2,2-6H3. The quantitative estimate of drug-likeness (QED) is 0.740. The zero-order valence-corrected chi connectivity index (χ0v) is 14.6. The second-order valence-corrected chi connectivity index (χ2v) is 7.92. The molecule has 118 valence electrons. The fourth-order valence-corrected chi connectivity index (χ4v) is 3.41. The zero-order valence-electron chi connectivity index (χ0n) is 14.6. The highest BCUT2D eigenvalue weighted by Crippen LogP contribution is 2.45. The molecular formula is C21H24N2. The molecule has 2 heteroatoms. The molecule has 0 spiro atoms. The van der Waals surface area contributed by atoms with Gasteiger partial charge in [0, 0.05) is 23.2 Å². The molecule has 0 radical (unpaired) electrons. The topological polar surface area (TPSA) is 36.7 Å². The third-order valence-electron chi connectivity index (χ3n) is 4.91. The van der Waals surface area contributed by atoms with Crippen molar-refractivity contribution in [2.75, 3.05) is 0 Å². The highest BCUT2D eigenvalue weighted by molar-refractivity contribution is 5.99. The molecule has 3 rings (SSSR count). The summed E-state index contributed by atoms with van der Waals surface area (Å²) < 4.78 is 0. The monoisotopic (exact) mass is 304 g/mol. The van der Waals surface area contributed by atoms with Gasteiger partial charge in [-0.05, 0) is 45.2 Å². The van der Waals surface area contributed by atoms with Gasteiger partial charge in [-0.2, -0.15) is 0 Å². The predicted molar refractivity (Wildman–Crippen MR) is 99.4 cm³/mol. The van der Waals surface area contributed by atoms with Crippen LogP contribution in [0.4, 0.5) is 0 Å². The second kappa shape index (κ2) is 4.89. The number of nitrogens with one attached hydrogen (secondary N) is 1. The molecule has 0 amide bonds. The van der Waals surface area contributed by atoms with Crippen molar-refractivity contribution in [3.63, 3.8) is 0 Å². The van der Waals surface area contributed by atoms with E-state index in [1.54, 1.807) is 0 Å². The fraction of sp³-hybridized carbons (Fsp3) is 0.333. The third kappa shape index (κ3) is 2.33. The molecule has 23 heavy (non-hydrogen) atoms. The Balaban J connectivity index is 2.42. The average Bonchev–Trinajstić information content (AvgIpc) is 2.48. The first-order chi connectivity index (χ1) is 10.7. The lowest BCUT2D eigenvalue weighted by molar-refractivity contribution is 0.583. The van der Waals surface area contributed by atoms with Gasteiger partial charge in [-0.25, -0.2) is 0 Å². The van der Waals surface area contributed by atoms with Crippen molar-refractivity contribution in [1.82, 2.24) is 4.98 Å². The molecule has 1 heterocycles. The summed E-state index contributed by atoms with van der Waals surface area (Å²) in [7, 11) is 0. The Morgan fingerprint density at radius 1 is 1.26 bits per heavy atom. The van der Waals surface area contributed by atoms with E-state index < -0.39 is 0 Å². The molecule has 1 aliphatic carbocycles. The molecule has 2 aromatic rings. The van der Waals surface area contributed by atoms with Crippen LogP contribution in [-0.4, -0.2) is 11.2 Å². The lowest BCUT2D eigenvalue weighted by atomic mass is 9.68. The minimum Gasteiger partial charge on any atom is -0.308 e. The summed E-state index contributed by atoms with van der Waals surface area (Å²) >= 11 is 0. The number of pyridine rings is 1. The van der Waals surface area contributed by atoms with E-state index in [-0.39, 0.29) is 10.8 Å². The van der Waals surface area contributed by atoms with Crippen LogP contribution in [0.25, 0.3) is 16.8 Å². The summed E-state index contributed by atoms with van der Waals surface area (Å²) in [5.74, 6) is 0. The molecule has 2 nitrogen and oxygen atoms in total. The molecule has 0 unspecified atom stereocenters. The lowest BCUT2D eigenvalue weighted by Gasteiger charge is -2.35. The Kier molecular flexibility index (Phi) is 3.33. The molecule has 0 aliphatic heterocycles. The number of rotatable bonds is 2. The van der Waals surface area contributed by atoms with Gasteiger partial charge < -0.3 is 5.41 Å². The molecule has 1 aromatic carbocycles.